The van der Waals surface area contributed by atoms with E-state index in [1.807, 2.05) is 6.92 Å². The maximum absolute atomic E-state index is 5.80. The molecule has 0 aromatic heterocycles. The van der Waals surface area contributed by atoms with E-state index in [0.717, 1.165) is 0 Å². The number of rotatable bonds is 2. The van der Waals surface area contributed by atoms with Crippen molar-refractivity contribution >= 4 is 18.1 Å². The summed E-state index contributed by atoms with van der Waals surface area (Å²) in [7, 11) is 0. The van der Waals surface area contributed by atoms with Gasteiger partial charge in [-0.25, -0.2) is 0 Å². The molecule has 3 heteroatoms. The van der Waals surface area contributed by atoms with Gasteiger partial charge in [-0.2, -0.15) is 0 Å². The van der Waals surface area contributed by atoms with Crippen LogP contribution in [0.1, 0.15) is 31.4 Å². The quantitative estimate of drug-likeness (QED) is 0.840. The van der Waals surface area contributed by atoms with Crippen molar-refractivity contribution in [3.8, 4) is 0 Å². The van der Waals surface area contributed by atoms with Gasteiger partial charge in [0.05, 0.1) is 0 Å². The second-order valence-electron chi connectivity index (χ2n) is 4.07. The molecule has 15 heavy (non-hydrogen) atoms. The number of hydrogen-bond acceptors (Lipinski definition) is 2. The average Bonchev–Trinajstić information content (AvgIpc) is 2.71. The number of hydrogen-bond donors (Lipinski definition) is 1. The highest BCUT2D eigenvalue weighted by atomic mass is 35.5. The third-order valence-corrected chi connectivity index (χ3v) is 2.89. The highest BCUT2D eigenvalue weighted by Crippen LogP contribution is 2.21. The molecule has 0 unspecified atom stereocenters. The van der Waals surface area contributed by atoms with Crippen LogP contribution in [0.3, 0.4) is 0 Å². The van der Waals surface area contributed by atoms with Crippen LogP contribution in [0.25, 0.3) is 0 Å². The fourth-order valence-electron chi connectivity index (χ4n) is 1.96. The zero-order valence-corrected chi connectivity index (χ0v) is 9.96. The lowest BCUT2D eigenvalue weighted by Crippen LogP contribution is -2.17. The molecule has 2 nitrogen and oxygen atoms in total. The second kappa shape index (κ2) is 5.38. The Labute approximate surface area is 97.9 Å². The van der Waals surface area contributed by atoms with Crippen LogP contribution in [0.15, 0.2) is 24.3 Å². The van der Waals surface area contributed by atoms with Crippen LogP contribution >= 0.6 is 12.4 Å². The molecule has 1 atom stereocenters. The molecule has 1 aliphatic heterocycles. The Morgan fingerprint density at radius 3 is 2.13 bits per heavy atom. The first-order chi connectivity index (χ1) is 6.77. The summed E-state index contributed by atoms with van der Waals surface area (Å²) in [6.07, 6.45) is 2.66. The molecule has 1 aliphatic rings. The van der Waals surface area contributed by atoms with Gasteiger partial charge in [-0.1, -0.05) is 12.1 Å². The Morgan fingerprint density at radius 2 is 1.67 bits per heavy atom. The first-order valence-corrected chi connectivity index (χ1v) is 5.38. The van der Waals surface area contributed by atoms with Gasteiger partial charge in [-0.3, -0.25) is 0 Å². The van der Waals surface area contributed by atoms with Gasteiger partial charge < -0.3 is 10.6 Å². The molecule has 0 spiro atoms. The molecule has 1 heterocycles. The monoisotopic (exact) mass is 226 g/mol. The van der Waals surface area contributed by atoms with Gasteiger partial charge >= 0.3 is 0 Å². The molecule has 1 fully saturated rings. The third kappa shape index (κ3) is 2.86. The molecule has 84 valence electrons. The molecule has 2 rings (SSSR count). The third-order valence-electron chi connectivity index (χ3n) is 2.89. The molecule has 1 aromatic rings. The molecular weight excluding hydrogens is 208 g/mol. The normalized spacial score (nSPS) is 17.3. The Bertz CT molecular complexity index is 289. The SMILES string of the molecule is C[C@H](N)c1ccc(N2CCCC2)cc1.Cl. The maximum Gasteiger partial charge on any atom is 0.0366 e. The summed E-state index contributed by atoms with van der Waals surface area (Å²) in [5, 5.41) is 0. The van der Waals surface area contributed by atoms with Crippen LogP contribution in [-0.2, 0) is 0 Å². The topological polar surface area (TPSA) is 29.3 Å². The Morgan fingerprint density at radius 1 is 1.13 bits per heavy atom. The van der Waals surface area contributed by atoms with Gasteiger partial charge in [-0.15, -0.1) is 12.4 Å². The van der Waals surface area contributed by atoms with Crippen molar-refractivity contribution in [2.75, 3.05) is 18.0 Å². The number of anilines is 1. The van der Waals surface area contributed by atoms with Gasteiger partial charge in [0.1, 0.15) is 0 Å². The van der Waals surface area contributed by atoms with E-state index in [-0.39, 0.29) is 18.4 Å². The van der Waals surface area contributed by atoms with E-state index < -0.39 is 0 Å². The van der Waals surface area contributed by atoms with Crippen molar-refractivity contribution < 1.29 is 0 Å². The predicted molar refractivity (Wildman–Crippen MR) is 67.7 cm³/mol. The molecule has 1 saturated heterocycles. The van der Waals surface area contributed by atoms with Crippen LogP contribution in [0.4, 0.5) is 5.69 Å². The highest BCUT2D eigenvalue weighted by molar-refractivity contribution is 5.85. The number of benzene rings is 1. The summed E-state index contributed by atoms with van der Waals surface area (Å²) < 4.78 is 0. The first kappa shape index (κ1) is 12.3. The Balaban J connectivity index is 0.00000112. The molecule has 2 N–H and O–H groups in total. The summed E-state index contributed by atoms with van der Waals surface area (Å²) in [5.41, 5.74) is 8.36. The van der Waals surface area contributed by atoms with E-state index in [0.29, 0.717) is 0 Å². The summed E-state index contributed by atoms with van der Waals surface area (Å²) in [6.45, 7) is 4.43. The molecular formula is C12H19ClN2. The van der Waals surface area contributed by atoms with E-state index in [2.05, 4.69) is 29.2 Å². The van der Waals surface area contributed by atoms with Crippen molar-refractivity contribution in [3.05, 3.63) is 29.8 Å². The minimum atomic E-state index is 0. The first-order valence-electron chi connectivity index (χ1n) is 5.38. The van der Waals surface area contributed by atoms with Crippen LogP contribution < -0.4 is 10.6 Å². The predicted octanol–water partition coefficient (Wildman–Crippen LogP) is 2.73. The minimum absolute atomic E-state index is 0. The van der Waals surface area contributed by atoms with Crippen LogP contribution in [0.2, 0.25) is 0 Å². The van der Waals surface area contributed by atoms with E-state index in [1.54, 1.807) is 0 Å². The van der Waals surface area contributed by atoms with Gasteiger partial charge in [0.25, 0.3) is 0 Å². The fraction of sp³-hybridized carbons (Fsp3) is 0.500. The highest BCUT2D eigenvalue weighted by Gasteiger charge is 2.11. The van der Waals surface area contributed by atoms with Crippen LogP contribution in [0.5, 0.6) is 0 Å². The van der Waals surface area contributed by atoms with Crippen molar-refractivity contribution in [2.24, 2.45) is 5.73 Å². The van der Waals surface area contributed by atoms with E-state index >= 15 is 0 Å². The summed E-state index contributed by atoms with van der Waals surface area (Å²) in [4.78, 5) is 2.44. The van der Waals surface area contributed by atoms with Gasteiger partial charge in [0.2, 0.25) is 0 Å². The lowest BCUT2D eigenvalue weighted by Gasteiger charge is -2.18. The molecule has 0 bridgehead atoms. The number of nitrogens with two attached hydrogens (primary N) is 1. The van der Waals surface area contributed by atoms with Gasteiger partial charge in [-0.05, 0) is 37.5 Å². The summed E-state index contributed by atoms with van der Waals surface area (Å²) in [6, 6.07) is 8.78. The number of nitrogens with zero attached hydrogens (tertiary/aromatic N) is 1. The van der Waals surface area contributed by atoms with Crippen LogP contribution in [0, 0.1) is 0 Å². The zero-order chi connectivity index (χ0) is 9.97. The zero-order valence-electron chi connectivity index (χ0n) is 9.15. The fourth-order valence-corrected chi connectivity index (χ4v) is 1.96. The second-order valence-corrected chi connectivity index (χ2v) is 4.07. The summed E-state index contributed by atoms with van der Waals surface area (Å²) >= 11 is 0. The minimum Gasteiger partial charge on any atom is -0.372 e. The largest absolute Gasteiger partial charge is 0.372 e. The van der Waals surface area contributed by atoms with Gasteiger partial charge in [0.15, 0.2) is 0 Å². The average molecular weight is 227 g/mol. The molecule has 0 amide bonds. The Hall–Kier alpha value is -0.730. The maximum atomic E-state index is 5.80. The van der Waals surface area contributed by atoms with Gasteiger partial charge in [0, 0.05) is 24.8 Å². The van der Waals surface area contributed by atoms with E-state index in [1.165, 1.54) is 37.2 Å². The Kier molecular flexibility index (Phi) is 4.43. The molecule has 0 aliphatic carbocycles. The molecule has 1 aromatic carbocycles. The standard InChI is InChI=1S/C12H18N2.ClH/c1-10(13)11-4-6-12(7-5-11)14-8-2-3-9-14;/h4-7,10H,2-3,8-9,13H2,1H3;1H/t10-;/m0./s1. The lowest BCUT2D eigenvalue weighted by atomic mass is 10.1. The lowest BCUT2D eigenvalue weighted by molar-refractivity contribution is 0.817. The molecule has 0 radical (unpaired) electrons. The summed E-state index contributed by atoms with van der Waals surface area (Å²) in [5.74, 6) is 0. The van der Waals surface area contributed by atoms with E-state index in [9.17, 15) is 0 Å². The number of halogens is 1. The van der Waals surface area contributed by atoms with E-state index in [4.69, 9.17) is 5.73 Å². The van der Waals surface area contributed by atoms with Crippen LogP contribution in [-0.4, -0.2) is 13.1 Å². The van der Waals surface area contributed by atoms with Crippen molar-refractivity contribution in [2.45, 2.75) is 25.8 Å². The smallest absolute Gasteiger partial charge is 0.0366 e. The molecule has 0 saturated carbocycles. The van der Waals surface area contributed by atoms with Crippen molar-refractivity contribution in [3.63, 3.8) is 0 Å². The van der Waals surface area contributed by atoms with Crippen molar-refractivity contribution in [1.82, 2.24) is 0 Å². The van der Waals surface area contributed by atoms with Crippen molar-refractivity contribution in [1.29, 1.82) is 0 Å².